The summed E-state index contributed by atoms with van der Waals surface area (Å²) in [6, 6.07) is 3.76. The van der Waals surface area contributed by atoms with E-state index in [1.54, 1.807) is 18.7 Å². The maximum Gasteiger partial charge on any atom is 0.416 e. The number of carbonyl (C=O) groups is 2. The number of benzene rings is 1. The summed E-state index contributed by atoms with van der Waals surface area (Å²) in [4.78, 5) is 31.8. The summed E-state index contributed by atoms with van der Waals surface area (Å²) < 4.78 is 45.3. The van der Waals surface area contributed by atoms with Gasteiger partial charge in [-0.1, -0.05) is 13.0 Å². The molecule has 1 aromatic carbocycles. The monoisotopic (exact) mass is 465 g/mol. The Kier molecular flexibility index (Phi) is 6.20. The Bertz CT molecular complexity index is 973. The van der Waals surface area contributed by atoms with Crippen LogP contribution in [0, 0.1) is 6.92 Å². The lowest BCUT2D eigenvalue weighted by molar-refractivity contribution is -0.151. The molecule has 0 unspecified atom stereocenters. The van der Waals surface area contributed by atoms with Crippen LogP contribution in [0.25, 0.3) is 0 Å². The van der Waals surface area contributed by atoms with Crippen LogP contribution in [0.5, 0.6) is 0 Å². The number of anilines is 1. The highest BCUT2D eigenvalue weighted by atomic mass is 19.4. The second kappa shape index (κ2) is 8.66. The molecule has 4 rings (SSSR count). The van der Waals surface area contributed by atoms with Crippen LogP contribution < -0.4 is 4.90 Å². The minimum absolute atomic E-state index is 0.191. The number of amides is 1. The largest absolute Gasteiger partial charge is 0.450 e. The van der Waals surface area contributed by atoms with Crippen LogP contribution in [0.15, 0.2) is 29.3 Å². The van der Waals surface area contributed by atoms with Crippen LogP contribution in [0.2, 0.25) is 0 Å². The van der Waals surface area contributed by atoms with Crippen molar-refractivity contribution in [2.75, 3.05) is 50.7 Å². The molecule has 9 heteroatoms. The van der Waals surface area contributed by atoms with Crippen molar-refractivity contribution in [3.8, 4) is 0 Å². The molecule has 0 atom stereocenters. The number of piperidine rings is 1. The van der Waals surface area contributed by atoms with Crippen LogP contribution in [-0.4, -0.2) is 73.1 Å². The number of piperazine rings is 1. The average Bonchev–Trinajstić information content (AvgIpc) is 3.02. The minimum Gasteiger partial charge on any atom is -0.450 e. The zero-order valence-electron chi connectivity index (χ0n) is 19.3. The standard InChI is InChI=1S/C24H30F3N3O3/c1-4-28-9-7-23(8-10-28)20(17(3)22(32)33-23)21(31)30-13-11-29(12-14-30)19-15-18(24(25,26)27)6-5-16(19)2/h5-6,15H,4,7-14H2,1-3H3. The number of ether oxygens (including phenoxy) is 1. The number of carbonyl (C=O) groups excluding carboxylic acids is 2. The van der Waals surface area contributed by atoms with Crippen LogP contribution in [0.3, 0.4) is 0 Å². The zero-order valence-corrected chi connectivity index (χ0v) is 19.3. The molecular weight excluding hydrogens is 435 g/mol. The molecule has 0 saturated carbocycles. The van der Waals surface area contributed by atoms with Crippen LogP contribution in [0.1, 0.15) is 37.8 Å². The first-order valence-electron chi connectivity index (χ1n) is 11.4. The topological polar surface area (TPSA) is 53.1 Å². The van der Waals surface area contributed by atoms with Crippen molar-refractivity contribution >= 4 is 17.6 Å². The fourth-order valence-electron chi connectivity index (χ4n) is 5.12. The number of hydrogen-bond donors (Lipinski definition) is 0. The Hall–Kier alpha value is -2.55. The summed E-state index contributed by atoms with van der Waals surface area (Å²) in [5, 5.41) is 0. The Morgan fingerprint density at radius 3 is 2.27 bits per heavy atom. The van der Waals surface area contributed by atoms with E-state index in [1.165, 1.54) is 12.1 Å². The third kappa shape index (κ3) is 4.35. The number of esters is 1. The lowest BCUT2D eigenvalue weighted by Gasteiger charge is -2.41. The van der Waals surface area contributed by atoms with E-state index >= 15 is 0 Å². The van der Waals surface area contributed by atoms with E-state index in [-0.39, 0.29) is 5.91 Å². The molecule has 0 aromatic heterocycles. The molecule has 6 nitrogen and oxygen atoms in total. The van der Waals surface area contributed by atoms with Gasteiger partial charge in [0.05, 0.1) is 11.1 Å². The number of hydrogen-bond acceptors (Lipinski definition) is 5. The van der Waals surface area contributed by atoms with Gasteiger partial charge in [-0.2, -0.15) is 13.2 Å². The van der Waals surface area contributed by atoms with E-state index in [1.807, 2.05) is 4.90 Å². The van der Waals surface area contributed by atoms with Crippen molar-refractivity contribution in [3.05, 3.63) is 40.5 Å². The lowest BCUT2D eigenvalue weighted by Crippen LogP contribution is -2.53. The normalized spacial score (nSPS) is 21.7. The van der Waals surface area contributed by atoms with Gasteiger partial charge in [0.15, 0.2) is 0 Å². The molecular formula is C24H30F3N3O3. The second-order valence-electron chi connectivity index (χ2n) is 9.10. The first kappa shape index (κ1) is 23.6. The molecule has 0 aliphatic carbocycles. The highest BCUT2D eigenvalue weighted by molar-refractivity contribution is 6.07. The number of alkyl halides is 3. The molecule has 3 heterocycles. The van der Waals surface area contributed by atoms with Crippen molar-refractivity contribution < 1.29 is 27.5 Å². The molecule has 1 aromatic rings. The molecule has 0 bridgehead atoms. The Morgan fingerprint density at radius 2 is 1.70 bits per heavy atom. The highest BCUT2D eigenvalue weighted by Crippen LogP contribution is 2.42. The number of nitrogens with zero attached hydrogens (tertiary/aromatic N) is 3. The van der Waals surface area contributed by atoms with E-state index in [9.17, 15) is 22.8 Å². The van der Waals surface area contributed by atoms with Gasteiger partial charge in [-0.25, -0.2) is 4.79 Å². The first-order chi connectivity index (χ1) is 15.6. The molecule has 0 N–H and O–H groups in total. The summed E-state index contributed by atoms with van der Waals surface area (Å²) >= 11 is 0. The summed E-state index contributed by atoms with van der Waals surface area (Å²) in [7, 11) is 0. The fraction of sp³-hybridized carbons (Fsp3) is 0.583. The third-order valence-electron chi connectivity index (χ3n) is 7.19. The van der Waals surface area contributed by atoms with Crippen LogP contribution >= 0.6 is 0 Å². The summed E-state index contributed by atoms with van der Waals surface area (Å²) in [6.45, 7) is 9.54. The quantitative estimate of drug-likeness (QED) is 0.641. The maximum atomic E-state index is 13.5. The molecule has 3 aliphatic rings. The van der Waals surface area contributed by atoms with E-state index < -0.39 is 23.3 Å². The van der Waals surface area contributed by atoms with Crippen molar-refractivity contribution in [3.63, 3.8) is 0 Å². The Morgan fingerprint density at radius 1 is 1.06 bits per heavy atom. The van der Waals surface area contributed by atoms with Gasteiger partial charge in [0.2, 0.25) is 0 Å². The molecule has 2 saturated heterocycles. The predicted octanol–water partition coefficient (Wildman–Crippen LogP) is 3.39. The van der Waals surface area contributed by atoms with Gasteiger partial charge in [0.1, 0.15) is 5.60 Å². The molecule has 1 amide bonds. The summed E-state index contributed by atoms with van der Waals surface area (Å²) in [5.74, 6) is -0.620. The van der Waals surface area contributed by atoms with Gasteiger partial charge in [0, 0.05) is 63.4 Å². The molecule has 180 valence electrons. The fourth-order valence-corrected chi connectivity index (χ4v) is 5.12. The Labute approximate surface area is 192 Å². The van der Waals surface area contributed by atoms with Crippen LogP contribution in [-0.2, 0) is 20.5 Å². The number of aryl methyl sites for hydroxylation is 1. The van der Waals surface area contributed by atoms with Crippen molar-refractivity contribution in [2.45, 2.75) is 45.4 Å². The van der Waals surface area contributed by atoms with E-state index in [2.05, 4.69) is 11.8 Å². The van der Waals surface area contributed by atoms with Gasteiger partial charge < -0.3 is 19.4 Å². The number of rotatable bonds is 3. The van der Waals surface area contributed by atoms with E-state index in [4.69, 9.17) is 4.74 Å². The second-order valence-corrected chi connectivity index (χ2v) is 9.10. The smallest absolute Gasteiger partial charge is 0.416 e. The number of halogens is 3. The summed E-state index contributed by atoms with van der Waals surface area (Å²) in [5.41, 5.74) is 0.601. The van der Waals surface area contributed by atoms with E-state index in [0.29, 0.717) is 55.9 Å². The maximum absolute atomic E-state index is 13.5. The molecule has 33 heavy (non-hydrogen) atoms. The minimum atomic E-state index is -4.40. The van der Waals surface area contributed by atoms with Gasteiger partial charge in [-0.05, 0) is 38.1 Å². The Balaban J connectivity index is 1.49. The highest BCUT2D eigenvalue weighted by Gasteiger charge is 2.51. The van der Waals surface area contributed by atoms with Gasteiger partial charge in [0.25, 0.3) is 5.91 Å². The molecule has 3 aliphatic heterocycles. The third-order valence-corrected chi connectivity index (χ3v) is 7.19. The van der Waals surface area contributed by atoms with Crippen molar-refractivity contribution in [2.24, 2.45) is 0 Å². The SMILES string of the molecule is CCN1CCC2(CC1)OC(=O)C(C)=C2C(=O)N1CCN(c2cc(C(F)(F)F)ccc2C)CC1. The molecule has 1 spiro atoms. The van der Waals surface area contributed by atoms with Gasteiger partial charge >= 0.3 is 12.1 Å². The molecule has 2 fully saturated rings. The first-order valence-corrected chi connectivity index (χ1v) is 11.4. The number of likely N-dealkylation sites (tertiary alicyclic amines) is 1. The molecule has 0 radical (unpaired) electrons. The van der Waals surface area contributed by atoms with Crippen molar-refractivity contribution in [1.82, 2.24) is 9.80 Å². The average molecular weight is 466 g/mol. The van der Waals surface area contributed by atoms with Crippen LogP contribution in [0.4, 0.5) is 18.9 Å². The zero-order chi connectivity index (χ0) is 24.0. The van der Waals surface area contributed by atoms with Gasteiger partial charge in [-0.3, -0.25) is 4.79 Å². The van der Waals surface area contributed by atoms with Gasteiger partial charge in [-0.15, -0.1) is 0 Å². The summed E-state index contributed by atoms with van der Waals surface area (Å²) in [6.07, 6.45) is -3.22. The predicted molar refractivity (Wildman–Crippen MR) is 118 cm³/mol. The van der Waals surface area contributed by atoms with E-state index in [0.717, 1.165) is 31.3 Å². The van der Waals surface area contributed by atoms with Crippen molar-refractivity contribution in [1.29, 1.82) is 0 Å². The lowest BCUT2D eigenvalue weighted by atomic mass is 9.82.